The average Bonchev–Trinajstić information content (AvgIpc) is 2.71. The van der Waals surface area contributed by atoms with Gasteiger partial charge >= 0.3 is 17.9 Å². The third-order valence-electron chi connectivity index (χ3n) is 3.57. The van der Waals surface area contributed by atoms with Gasteiger partial charge in [-0.15, -0.1) is 0 Å². The maximum Gasteiger partial charge on any atom is 0.344 e. The average molecular weight is 390 g/mol. The minimum absolute atomic E-state index is 0.0219. The molecule has 2 aromatic rings. The predicted molar refractivity (Wildman–Crippen MR) is 97.5 cm³/mol. The largest absolute Gasteiger partial charge is 0.465 e. The van der Waals surface area contributed by atoms with Gasteiger partial charge in [0.25, 0.3) is 0 Å². The zero-order chi connectivity index (χ0) is 20.0. The third-order valence-corrected chi connectivity index (χ3v) is 4.94. The van der Waals surface area contributed by atoms with Crippen molar-refractivity contribution in [2.45, 2.75) is 11.8 Å². The Morgan fingerprint density at radius 2 is 1.44 bits per heavy atom. The predicted octanol–water partition coefficient (Wildman–Crippen LogP) is 2.61. The van der Waals surface area contributed by atoms with E-state index in [2.05, 4.69) is 9.47 Å². The Balaban J connectivity index is 2.42. The smallest absolute Gasteiger partial charge is 0.344 e. The van der Waals surface area contributed by atoms with Crippen LogP contribution in [0.1, 0.15) is 38.0 Å². The molecule has 2 aromatic carbocycles. The van der Waals surface area contributed by atoms with Crippen LogP contribution in [0.5, 0.6) is 5.75 Å². The lowest BCUT2D eigenvalue weighted by molar-refractivity contribution is 0.0593. The van der Waals surface area contributed by atoms with Gasteiger partial charge in [-0.2, -0.15) is 0 Å². The third kappa shape index (κ3) is 4.79. The van der Waals surface area contributed by atoms with E-state index < -0.39 is 28.7 Å². The molecule has 0 saturated carbocycles. The molecule has 0 unspecified atom stereocenters. The first kappa shape index (κ1) is 20.3. The number of esters is 3. The Morgan fingerprint density at radius 1 is 0.889 bits per heavy atom. The van der Waals surface area contributed by atoms with Crippen molar-refractivity contribution in [3.05, 3.63) is 59.2 Å². The Labute approximate surface area is 158 Å². The quantitative estimate of drug-likeness (QED) is 0.552. The molecule has 0 saturated heterocycles. The van der Waals surface area contributed by atoms with E-state index >= 15 is 0 Å². The van der Waals surface area contributed by atoms with Gasteiger partial charge < -0.3 is 14.2 Å². The Morgan fingerprint density at radius 3 is 1.96 bits per heavy atom. The normalized spacial score (nSPS) is 11.4. The summed E-state index contributed by atoms with van der Waals surface area (Å²) < 4.78 is 26.7. The van der Waals surface area contributed by atoms with E-state index in [4.69, 9.17) is 4.74 Å². The van der Waals surface area contributed by atoms with Gasteiger partial charge in [0.15, 0.2) is 0 Å². The van der Waals surface area contributed by atoms with Crippen LogP contribution in [0.15, 0.2) is 47.4 Å². The molecule has 0 aliphatic carbocycles. The number of carbonyl (C=O) groups excluding carboxylic acids is 3. The molecule has 0 aliphatic rings. The van der Waals surface area contributed by atoms with Crippen LogP contribution in [0.3, 0.4) is 0 Å². The van der Waals surface area contributed by atoms with E-state index in [1.54, 1.807) is 25.1 Å². The lowest BCUT2D eigenvalue weighted by atomic mass is 10.1. The van der Waals surface area contributed by atoms with Crippen LogP contribution in [-0.2, 0) is 20.3 Å². The van der Waals surface area contributed by atoms with Crippen molar-refractivity contribution in [3.63, 3.8) is 0 Å². The minimum Gasteiger partial charge on any atom is -0.465 e. The van der Waals surface area contributed by atoms with Crippen molar-refractivity contribution in [3.8, 4) is 5.75 Å². The number of rotatable bonds is 6. The van der Waals surface area contributed by atoms with Gasteiger partial charge in [-0.05, 0) is 30.3 Å². The number of methoxy groups -OCH3 is 2. The topological polar surface area (TPSA) is 96.0 Å². The lowest BCUT2D eigenvalue weighted by Gasteiger charge is -2.10. The van der Waals surface area contributed by atoms with Gasteiger partial charge in [-0.1, -0.05) is 19.1 Å². The van der Waals surface area contributed by atoms with Crippen LogP contribution in [0.4, 0.5) is 0 Å². The molecule has 0 spiro atoms. The molecule has 0 aromatic heterocycles. The van der Waals surface area contributed by atoms with Crippen LogP contribution in [0.25, 0.3) is 0 Å². The molecule has 7 nitrogen and oxygen atoms in total. The standard InChI is InChI=1S/C19H18O7S/c1-4-27(23)16-8-6-5-7-15(16)19(22)26-14-10-12(17(20)24-2)9-13(11-14)18(21)25-3/h5-11H,4H2,1-3H3/t27-/m1/s1. The van der Waals surface area contributed by atoms with Gasteiger partial charge in [-0.25, -0.2) is 14.4 Å². The van der Waals surface area contributed by atoms with Crippen molar-refractivity contribution in [2.24, 2.45) is 0 Å². The van der Waals surface area contributed by atoms with Crippen molar-refractivity contribution >= 4 is 28.7 Å². The first-order valence-corrected chi connectivity index (χ1v) is 9.24. The lowest BCUT2D eigenvalue weighted by Crippen LogP contribution is -2.14. The van der Waals surface area contributed by atoms with Gasteiger partial charge in [0.05, 0.1) is 46.6 Å². The van der Waals surface area contributed by atoms with Gasteiger partial charge in [0, 0.05) is 5.75 Å². The molecule has 0 aliphatic heterocycles. The molecular weight excluding hydrogens is 372 g/mol. The number of benzene rings is 2. The van der Waals surface area contributed by atoms with Crippen LogP contribution in [0.2, 0.25) is 0 Å². The van der Waals surface area contributed by atoms with Crippen molar-refractivity contribution in [1.29, 1.82) is 0 Å². The Kier molecular flexibility index (Phi) is 6.84. The van der Waals surface area contributed by atoms with E-state index in [1.165, 1.54) is 38.5 Å². The molecule has 27 heavy (non-hydrogen) atoms. The number of carbonyl (C=O) groups is 3. The zero-order valence-electron chi connectivity index (χ0n) is 15.0. The van der Waals surface area contributed by atoms with Gasteiger partial charge in [0.2, 0.25) is 0 Å². The Bertz CT molecular complexity index is 870. The van der Waals surface area contributed by atoms with Crippen molar-refractivity contribution in [1.82, 2.24) is 0 Å². The molecule has 142 valence electrons. The second-order valence-electron chi connectivity index (χ2n) is 5.25. The van der Waals surface area contributed by atoms with Crippen molar-refractivity contribution < 1.29 is 32.8 Å². The fourth-order valence-corrected chi connectivity index (χ4v) is 3.22. The molecule has 0 fully saturated rings. The maximum atomic E-state index is 12.6. The monoisotopic (exact) mass is 390 g/mol. The summed E-state index contributed by atoms with van der Waals surface area (Å²) in [7, 11) is 1.02. The van der Waals surface area contributed by atoms with Gasteiger partial charge in [-0.3, -0.25) is 4.21 Å². The van der Waals surface area contributed by atoms with Gasteiger partial charge in [0.1, 0.15) is 5.75 Å². The van der Waals surface area contributed by atoms with Crippen LogP contribution in [0, 0.1) is 0 Å². The second-order valence-corrected chi connectivity index (χ2v) is 6.96. The highest BCUT2D eigenvalue weighted by Crippen LogP contribution is 2.22. The Hall–Kier alpha value is -3.00. The second kappa shape index (κ2) is 9.09. The fraction of sp³-hybridized carbons (Fsp3) is 0.211. The number of hydrogen-bond donors (Lipinski definition) is 0. The molecule has 2 rings (SSSR count). The summed E-state index contributed by atoms with van der Waals surface area (Å²) >= 11 is 0. The SMILES string of the molecule is CC[S@@](=O)c1ccccc1C(=O)Oc1cc(C(=O)OC)cc(C(=O)OC)c1. The molecule has 0 bridgehead atoms. The molecular formula is C19H18O7S. The summed E-state index contributed by atoms with van der Waals surface area (Å²) in [6.07, 6.45) is 0. The highest BCUT2D eigenvalue weighted by molar-refractivity contribution is 7.85. The highest BCUT2D eigenvalue weighted by Gasteiger charge is 2.19. The summed E-state index contributed by atoms with van der Waals surface area (Å²) in [4.78, 5) is 36.5. The van der Waals surface area contributed by atoms with E-state index in [9.17, 15) is 18.6 Å². The van der Waals surface area contributed by atoms with E-state index in [-0.39, 0.29) is 22.4 Å². The van der Waals surface area contributed by atoms with Crippen molar-refractivity contribution in [2.75, 3.05) is 20.0 Å². The summed E-state index contributed by atoms with van der Waals surface area (Å²) in [6, 6.07) is 10.2. The molecule has 0 radical (unpaired) electrons. The first-order chi connectivity index (χ1) is 12.9. The van der Waals surface area contributed by atoms with E-state index in [0.29, 0.717) is 10.6 Å². The first-order valence-electron chi connectivity index (χ1n) is 7.92. The highest BCUT2D eigenvalue weighted by atomic mass is 32.2. The molecule has 0 heterocycles. The van der Waals surface area contributed by atoms with Crippen LogP contribution in [-0.4, -0.2) is 42.1 Å². The number of hydrogen-bond acceptors (Lipinski definition) is 7. The molecule has 1 atom stereocenters. The van der Waals surface area contributed by atoms with Crippen LogP contribution >= 0.6 is 0 Å². The fourth-order valence-electron chi connectivity index (χ4n) is 2.28. The number of ether oxygens (including phenoxy) is 3. The molecule has 0 amide bonds. The zero-order valence-corrected chi connectivity index (χ0v) is 15.8. The van der Waals surface area contributed by atoms with E-state index in [1.807, 2.05) is 0 Å². The summed E-state index contributed by atoms with van der Waals surface area (Å²) in [5.74, 6) is -1.86. The summed E-state index contributed by atoms with van der Waals surface area (Å²) in [5.41, 5.74) is 0.183. The van der Waals surface area contributed by atoms with Crippen LogP contribution < -0.4 is 4.74 Å². The van der Waals surface area contributed by atoms with E-state index in [0.717, 1.165) is 0 Å². The maximum absolute atomic E-state index is 12.6. The minimum atomic E-state index is -1.36. The molecule has 8 heteroatoms. The summed E-state index contributed by atoms with van der Waals surface area (Å²) in [6.45, 7) is 1.74. The summed E-state index contributed by atoms with van der Waals surface area (Å²) in [5, 5.41) is 0. The molecule has 0 N–H and O–H groups in total.